The number of aromatic nitrogens is 4. The second-order valence-corrected chi connectivity index (χ2v) is 14.5. The zero-order valence-electron chi connectivity index (χ0n) is 28.3. The minimum atomic E-state index is -3.62. The van der Waals surface area contributed by atoms with E-state index in [-0.39, 0.29) is 0 Å². The van der Waals surface area contributed by atoms with Crippen molar-refractivity contribution in [1.29, 1.82) is 0 Å². The molecule has 2 aromatic carbocycles. The number of rotatable bonds is 10. The van der Waals surface area contributed by atoms with Gasteiger partial charge in [-0.1, -0.05) is 12.7 Å². The van der Waals surface area contributed by atoms with Crippen LogP contribution in [0.4, 0.5) is 34.5 Å². The van der Waals surface area contributed by atoms with Gasteiger partial charge in [0.05, 0.1) is 30.3 Å². The van der Waals surface area contributed by atoms with Crippen LogP contribution in [0.25, 0.3) is 17.1 Å². The van der Waals surface area contributed by atoms with Gasteiger partial charge in [0.25, 0.3) is 0 Å². The predicted octanol–water partition coefficient (Wildman–Crippen LogP) is 4.48. The van der Waals surface area contributed by atoms with Crippen molar-refractivity contribution in [1.82, 2.24) is 29.7 Å². The molecule has 4 aromatic rings. The molecule has 4 heterocycles. The van der Waals surface area contributed by atoms with Crippen molar-refractivity contribution in [3.05, 3.63) is 60.6 Å². The van der Waals surface area contributed by atoms with Gasteiger partial charge in [0, 0.05) is 88.3 Å². The smallest absolute Gasteiger partial charge is 0.232 e. The Morgan fingerprint density at radius 2 is 1.73 bits per heavy atom. The fourth-order valence-electron chi connectivity index (χ4n) is 6.50. The van der Waals surface area contributed by atoms with E-state index in [1.807, 2.05) is 0 Å². The molecule has 0 aliphatic carbocycles. The van der Waals surface area contributed by atoms with Crippen LogP contribution in [0.15, 0.2) is 49.4 Å². The third-order valence-corrected chi connectivity index (χ3v) is 10.5. The molecular weight excluding hydrogens is 629 g/mol. The summed E-state index contributed by atoms with van der Waals surface area (Å²) in [5.41, 5.74) is 5.50. The van der Waals surface area contributed by atoms with Gasteiger partial charge < -0.3 is 25.2 Å². The number of benzene rings is 2. The number of anilines is 6. The lowest BCUT2D eigenvalue weighted by molar-refractivity contribution is 0.0982. The first-order valence-corrected chi connectivity index (χ1v) is 18.0. The van der Waals surface area contributed by atoms with Crippen LogP contribution in [-0.4, -0.2) is 111 Å². The molecule has 0 atom stereocenters. The van der Waals surface area contributed by atoms with Gasteiger partial charge in [0.2, 0.25) is 16.0 Å². The second kappa shape index (κ2) is 13.9. The maximum Gasteiger partial charge on any atom is 0.232 e. The van der Waals surface area contributed by atoms with Gasteiger partial charge in [-0.25, -0.2) is 13.4 Å². The molecule has 0 unspecified atom stereocenters. The van der Waals surface area contributed by atoms with E-state index in [4.69, 9.17) is 9.72 Å². The van der Waals surface area contributed by atoms with E-state index in [1.54, 1.807) is 37.7 Å². The molecule has 6 rings (SSSR count). The van der Waals surface area contributed by atoms with Gasteiger partial charge in [0.15, 0.2) is 0 Å². The van der Waals surface area contributed by atoms with E-state index in [9.17, 15) is 8.42 Å². The number of fused-ring (bicyclic) bond motifs is 1. The van der Waals surface area contributed by atoms with Gasteiger partial charge in [-0.3, -0.25) is 19.2 Å². The number of sulfonamides is 1. The summed E-state index contributed by atoms with van der Waals surface area (Å²) in [6.45, 7) is 12.6. The van der Waals surface area contributed by atoms with Crippen molar-refractivity contribution >= 4 is 61.6 Å². The lowest BCUT2D eigenvalue weighted by Crippen LogP contribution is -2.52. The maximum atomic E-state index is 12.6. The van der Waals surface area contributed by atoms with Gasteiger partial charge in [-0.05, 0) is 50.6 Å². The highest BCUT2D eigenvalue weighted by Gasteiger charge is 2.28. The number of piperidine rings is 1. The zero-order chi connectivity index (χ0) is 34.0. The molecule has 0 spiro atoms. The van der Waals surface area contributed by atoms with E-state index in [0.29, 0.717) is 51.5 Å². The molecule has 14 heteroatoms. The topological polar surface area (TPSA) is 132 Å². The minimum Gasteiger partial charge on any atom is -0.494 e. The Morgan fingerprint density at radius 3 is 2.42 bits per heavy atom. The molecule has 13 nitrogen and oxygen atoms in total. The Balaban J connectivity index is 1.24. The lowest BCUT2D eigenvalue weighted by Gasteiger charge is -2.43. The minimum absolute atomic E-state index is 0.333. The summed E-state index contributed by atoms with van der Waals surface area (Å²) in [6.07, 6.45) is 9.84. The molecule has 2 saturated heterocycles. The number of piperazine rings is 1. The van der Waals surface area contributed by atoms with Crippen molar-refractivity contribution in [3.8, 4) is 5.75 Å². The van der Waals surface area contributed by atoms with Gasteiger partial charge in [-0.2, -0.15) is 4.98 Å². The highest BCUT2D eigenvalue weighted by Crippen LogP contribution is 2.38. The third-order valence-electron chi connectivity index (χ3n) is 9.34. The van der Waals surface area contributed by atoms with Crippen LogP contribution in [0.5, 0.6) is 5.75 Å². The Morgan fingerprint density at radius 1 is 1.00 bits per heavy atom. The molecular formula is C34H44N10O3S. The van der Waals surface area contributed by atoms with Crippen molar-refractivity contribution in [3.63, 3.8) is 0 Å². The monoisotopic (exact) mass is 672 g/mol. The number of methoxy groups -OCH3 is 1. The van der Waals surface area contributed by atoms with Gasteiger partial charge >= 0.3 is 0 Å². The van der Waals surface area contributed by atoms with Crippen LogP contribution in [0.3, 0.4) is 0 Å². The highest BCUT2D eigenvalue weighted by atomic mass is 32.2. The Bertz CT molecular complexity index is 1910. The molecule has 2 aromatic heterocycles. The molecule has 2 N–H and O–H groups in total. The Kier molecular flexibility index (Phi) is 9.67. The van der Waals surface area contributed by atoms with Crippen LogP contribution < -0.4 is 24.6 Å². The number of nitrogens with one attached hydrogen (secondary N) is 2. The van der Waals surface area contributed by atoms with Crippen molar-refractivity contribution in [2.75, 3.05) is 86.6 Å². The molecule has 0 radical (unpaired) electrons. The zero-order valence-corrected chi connectivity index (χ0v) is 29.1. The lowest BCUT2D eigenvalue weighted by atomic mass is 10.0. The number of hydrogen-bond acceptors (Lipinski definition) is 12. The highest BCUT2D eigenvalue weighted by molar-refractivity contribution is 7.92. The average Bonchev–Trinajstić information content (AvgIpc) is 3.08. The number of nitrogens with zero attached hydrogens (tertiary/aromatic N) is 8. The largest absolute Gasteiger partial charge is 0.494 e. The quantitative estimate of drug-likeness (QED) is 0.246. The average molecular weight is 673 g/mol. The molecule has 2 aliphatic heterocycles. The van der Waals surface area contributed by atoms with Crippen molar-refractivity contribution in [2.24, 2.45) is 0 Å². The maximum absolute atomic E-state index is 12.6. The first-order valence-electron chi connectivity index (χ1n) is 16.1. The standard InChI is InChI=1S/C34H44N10O3S/c1-7-24-22-37-34(40-33(24)38-27-9-8-26-31(36-13-12-35-26)32(27)42(4)48(6,45)46)39-28-20-23(2)29(21-30(28)47-5)44-14-10-25(11-15-44)43-18-16-41(3)17-19-43/h7-9,12-13,20-22,25H,1,10-11,14-19H2,2-6H3,(H2,37,38,39,40). The number of likely N-dealkylation sites (N-methyl/N-ethyl adjacent to an activating group) is 1. The molecule has 2 fully saturated rings. The van der Waals surface area contributed by atoms with E-state index in [2.05, 4.69) is 73.0 Å². The number of ether oxygens (including phenoxy) is 1. The van der Waals surface area contributed by atoms with Gasteiger partial charge in [0.1, 0.15) is 22.8 Å². The third kappa shape index (κ3) is 7.00. The molecule has 0 amide bonds. The van der Waals surface area contributed by atoms with Crippen molar-refractivity contribution in [2.45, 2.75) is 25.8 Å². The summed E-state index contributed by atoms with van der Waals surface area (Å²) in [4.78, 5) is 25.6. The van der Waals surface area contributed by atoms with Crippen LogP contribution in [0, 0.1) is 6.92 Å². The normalized spacial score (nSPS) is 16.6. The molecule has 254 valence electrons. The summed E-state index contributed by atoms with van der Waals surface area (Å²) in [6, 6.07) is 8.34. The first-order chi connectivity index (χ1) is 23.0. The summed E-state index contributed by atoms with van der Waals surface area (Å²) in [7, 11) is 1.73. The second-order valence-electron chi connectivity index (χ2n) is 12.5. The fourth-order valence-corrected chi connectivity index (χ4v) is 7.02. The van der Waals surface area contributed by atoms with E-state index in [1.165, 1.54) is 23.2 Å². The fraction of sp³-hybridized carbons (Fsp3) is 0.412. The van der Waals surface area contributed by atoms with Crippen LogP contribution in [0.1, 0.15) is 24.0 Å². The number of hydrogen-bond donors (Lipinski definition) is 2. The predicted molar refractivity (Wildman–Crippen MR) is 194 cm³/mol. The molecule has 0 saturated carbocycles. The summed E-state index contributed by atoms with van der Waals surface area (Å²) >= 11 is 0. The van der Waals surface area contributed by atoms with Crippen LogP contribution in [0.2, 0.25) is 0 Å². The Hall–Kier alpha value is -4.53. The molecule has 2 aliphatic rings. The summed E-state index contributed by atoms with van der Waals surface area (Å²) in [5, 5.41) is 6.64. The molecule has 48 heavy (non-hydrogen) atoms. The van der Waals surface area contributed by atoms with Crippen LogP contribution >= 0.6 is 0 Å². The van der Waals surface area contributed by atoms with E-state index >= 15 is 0 Å². The van der Waals surface area contributed by atoms with Crippen LogP contribution in [-0.2, 0) is 10.0 Å². The number of aryl methyl sites for hydroxylation is 1. The summed E-state index contributed by atoms with van der Waals surface area (Å²) < 4.78 is 32.3. The van der Waals surface area contributed by atoms with Gasteiger partial charge in [-0.15, -0.1) is 0 Å². The van der Waals surface area contributed by atoms with Crippen molar-refractivity contribution < 1.29 is 13.2 Å². The SMILES string of the molecule is C=Cc1cnc(Nc2cc(C)c(N3CCC(N4CCN(C)CC4)CC3)cc2OC)nc1Nc1ccc2nccnc2c1N(C)S(C)(=O)=O. The Labute approximate surface area is 282 Å². The van der Waals surface area contributed by atoms with E-state index in [0.717, 1.165) is 69.6 Å². The first kappa shape index (κ1) is 33.4. The summed E-state index contributed by atoms with van der Waals surface area (Å²) in [5.74, 6) is 1.46. The van der Waals surface area contributed by atoms with E-state index < -0.39 is 10.0 Å². The molecule has 0 bridgehead atoms.